The predicted molar refractivity (Wildman–Crippen MR) is 183 cm³/mol. The molecule has 0 saturated carbocycles. The number of hydrogen-bond acceptors (Lipinski definition) is 1. The van der Waals surface area contributed by atoms with Crippen molar-refractivity contribution in [2.45, 2.75) is 168 Å². The molecule has 236 valence electrons. The molecule has 39 heavy (non-hydrogen) atoms. The molecule has 0 N–H and O–H groups in total. The fourth-order valence-corrected chi connectivity index (χ4v) is 7.16. The molecule has 0 aromatic rings. The molecule has 0 rings (SSSR count). The lowest BCUT2D eigenvalue weighted by Gasteiger charge is -2.31. The highest BCUT2D eigenvalue weighted by Gasteiger charge is 2.16. The predicted octanol–water partition coefficient (Wildman–Crippen LogP) is 11.3. The van der Waals surface area contributed by atoms with Crippen LogP contribution in [0.1, 0.15) is 168 Å². The van der Waals surface area contributed by atoms with Gasteiger partial charge in [0.1, 0.15) is 0 Å². The lowest BCUT2D eigenvalue weighted by Crippen LogP contribution is -2.43. The van der Waals surface area contributed by atoms with Crippen LogP contribution in [0, 0.1) is 0 Å². The van der Waals surface area contributed by atoms with Crippen molar-refractivity contribution in [3.05, 3.63) is 0 Å². The Balaban J connectivity index is 3.52. The van der Waals surface area contributed by atoms with Gasteiger partial charge in [-0.25, -0.2) is 0 Å². The van der Waals surface area contributed by atoms with E-state index in [2.05, 4.69) is 53.8 Å². The quantitative estimate of drug-likeness (QED) is 0.0572. The van der Waals surface area contributed by atoms with Gasteiger partial charge in [0.15, 0.2) is 0 Å². The van der Waals surface area contributed by atoms with Crippen molar-refractivity contribution >= 4 is 11.8 Å². The standard InChI is InChI=1S/C36H78N2S/c1-7-9-11-13-15-17-19-21-23-25-27-29-31-37(3,4)33-35-39-36-34-38(5,6)32-30-28-26-24-22-20-18-16-14-12-10-8-2/h7-36H2,1-6H3/q+2. The average molecular weight is 571 g/mol. The highest BCUT2D eigenvalue weighted by atomic mass is 32.2. The number of nitrogens with zero attached hydrogens (tertiary/aromatic N) is 2. The van der Waals surface area contributed by atoms with E-state index in [-0.39, 0.29) is 0 Å². The van der Waals surface area contributed by atoms with Crippen molar-refractivity contribution in [2.24, 2.45) is 0 Å². The Morgan fingerprint density at radius 2 is 0.538 bits per heavy atom. The number of thioether (sulfide) groups is 1. The fraction of sp³-hybridized carbons (Fsp3) is 1.00. The molecule has 2 nitrogen and oxygen atoms in total. The van der Waals surface area contributed by atoms with E-state index < -0.39 is 0 Å². The zero-order valence-corrected chi connectivity index (χ0v) is 29.3. The van der Waals surface area contributed by atoms with Gasteiger partial charge in [-0.1, -0.05) is 142 Å². The lowest BCUT2D eigenvalue weighted by atomic mass is 10.1. The number of quaternary nitrogens is 2. The molecule has 0 heterocycles. The van der Waals surface area contributed by atoms with Gasteiger partial charge in [-0.15, -0.1) is 0 Å². The monoisotopic (exact) mass is 571 g/mol. The van der Waals surface area contributed by atoms with Crippen molar-refractivity contribution in [3.63, 3.8) is 0 Å². The smallest absolute Gasteiger partial charge is 0.0874 e. The molecule has 0 fully saturated rings. The molecular weight excluding hydrogens is 492 g/mol. The number of rotatable bonds is 32. The number of hydrogen-bond donors (Lipinski definition) is 0. The molecule has 0 aliphatic carbocycles. The minimum absolute atomic E-state index is 1.21. The molecule has 0 amide bonds. The second-order valence-corrected chi connectivity index (χ2v) is 15.4. The summed E-state index contributed by atoms with van der Waals surface area (Å²) in [4.78, 5) is 0. The minimum Gasteiger partial charge on any atom is -0.328 e. The second kappa shape index (κ2) is 28.4. The first-order valence-corrected chi connectivity index (χ1v) is 19.2. The topological polar surface area (TPSA) is 0 Å². The summed E-state index contributed by atoms with van der Waals surface area (Å²) in [5, 5.41) is 0. The van der Waals surface area contributed by atoms with Crippen molar-refractivity contribution in [2.75, 3.05) is 65.9 Å². The molecule has 0 aliphatic heterocycles. The molecule has 0 aliphatic rings. The van der Waals surface area contributed by atoms with Gasteiger partial charge < -0.3 is 8.97 Å². The van der Waals surface area contributed by atoms with Gasteiger partial charge in [-0.3, -0.25) is 0 Å². The van der Waals surface area contributed by atoms with Gasteiger partial charge >= 0.3 is 0 Å². The third-order valence-corrected chi connectivity index (χ3v) is 9.86. The van der Waals surface area contributed by atoms with Crippen LogP contribution in [0.15, 0.2) is 0 Å². The normalized spacial score (nSPS) is 12.5. The van der Waals surface area contributed by atoms with E-state index in [0.717, 1.165) is 0 Å². The Kier molecular flexibility index (Phi) is 28.6. The molecule has 0 aromatic heterocycles. The summed E-state index contributed by atoms with van der Waals surface area (Å²) in [6, 6.07) is 0. The van der Waals surface area contributed by atoms with E-state index in [9.17, 15) is 0 Å². The van der Waals surface area contributed by atoms with Gasteiger partial charge in [0, 0.05) is 11.5 Å². The summed E-state index contributed by atoms with van der Waals surface area (Å²) in [5.74, 6) is 2.65. The van der Waals surface area contributed by atoms with Gasteiger partial charge in [0.05, 0.1) is 54.4 Å². The van der Waals surface area contributed by atoms with Crippen molar-refractivity contribution in [1.82, 2.24) is 0 Å². The Hall–Kier alpha value is 0.270. The van der Waals surface area contributed by atoms with Crippen molar-refractivity contribution in [1.29, 1.82) is 0 Å². The molecule has 0 atom stereocenters. The SMILES string of the molecule is CCCCCCCCCCCCCC[N+](C)(C)CCSCC[N+](C)(C)CCCCCCCCCCCCCC. The summed E-state index contributed by atoms with van der Waals surface area (Å²) in [6.45, 7) is 9.99. The maximum absolute atomic E-state index is 2.45. The van der Waals surface area contributed by atoms with E-state index in [1.54, 1.807) is 0 Å². The van der Waals surface area contributed by atoms with Crippen LogP contribution in [0.5, 0.6) is 0 Å². The van der Waals surface area contributed by atoms with Crippen LogP contribution in [0.4, 0.5) is 0 Å². The molecular formula is C36H78N2S+2. The zero-order chi connectivity index (χ0) is 28.9. The Labute approximate surface area is 254 Å². The molecule has 0 unspecified atom stereocenters. The summed E-state index contributed by atoms with van der Waals surface area (Å²) in [7, 11) is 9.80. The molecule has 0 saturated heterocycles. The Morgan fingerprint density at radius 1 is 0.308 bits per heavy atom. The summed E-state index contributed by atoms with van der Waals surface area (Å²) in [5.41, 5.74) is 0. The van der Waals surface area contributed by atoms with E-state index >= 15 is 0 Å². The van der Waals surface area contributed by atoms with Gasteiger partial charge in [-0.05, 0) is 25.7 Å². The van der Waals surface area contributed by atoms with Crippen LogP contribution in [0.25, 0.3) is 0 Å². The van der Waals surface area contributed by atoms with Gasteiger partial charge in [0.2, 0.25) is 0 Å². The van der Waals surface area contributed by atoms with E-state index in [1.807, 2.05) is 0 Å². The molecule has 3 heteroatoms. The highest BCUT2D eigenvalue weighted by Crippen LogP contribution is 2.15. The van der Waals surface area contributed by atoms with Gasteiger partial charge in [0.25, 0.3) is 0 Å². The van der Waals surface area contributed by atoms with E-state index in [4.69, 9.17) is 0 Å². The highest BCUT2D eigenvalue weighted by molar-refractivity contribution is 7.99. The van der Waals surface area contributed by atoms with Crippen LogP contribution >= 0.6 is 11.8 Å². The summed E-state index contributed by atoms with van der Waals surface area (Å²) in [6.07, 6.45) is 34.8. The first kappa shape index (κ1) is 39.3. The van der Waals surface area contributed by atoms with Gasteiger partial charge in [-0.2, -0.15) is 11.8 Å². The van der Waals surface area contributed by atoms with Crippen LogP contribution < -0.4 is 0 Å². The second-order valence-electron chi connectivity index (χ2n) is 14.2. The van der Waals surface area contributed by atoms with Crippen LogP contribution in [-0.4, -0.2) is 74.8 Å². The Bertz CT molecular complexity index is 435. The maximum Gasteiger partial charge on any atom is 0.0874 e. The van der Waals surface area contributed by atoms with Crippen LogP contribution in [-0.2, 0) is 0 Å². The first-order valence-electron chi connectivity index (χ1n) is 18.0. The average Bonchev–Trinajstić information content (AvgIpc) is 2.89. The van der Waals surface area contributed by atoms with Crippen molar-refractivity contribution < 1.29 is 8.97 Å². The third kappa shape index (κ3) is 31.0. The van der Waals surface area contributed by atoms with Crippen LogP contribution in [0.3, 0.4) is 0 Å². The van der Waals surface area contributed by atoms with Crippen LogP contribution in [0.2, 0.25) is 0 Å². The molecule has 0 bridgehead atoms. The summed E-state index contributed by atoms with van der Waals surface area (Å²) >= 11 is 2.20. The summed E-state index contributed by atoms with van der Waals surface area (Å²) < 4.78 is 2.42. The van der Waals surface area contributed by atoms with Crippen molar-refractivity contribution in [3.8, 4) is 0 Å². The molecule has 0 spiro atoms. The number of unbranched alkanes of at least 4 members (excludes halogenated alkanes) is 22. The van der Waals surface area contributed by atoms with E-state index in [1.165, 1.54) is 201 Å². The first-order chi connectivity index (χ1) is 18.8. The Morgan fingerprint density at radius 3 is 0.795 bits per heavy atom. The fourth-order valence-electron chi connectivity index (χ4n) is 5.71. The third-order valence-electron chi connectivity index (χ3n) is 8.92. The zero-order valence-electron chi connectivity index (χ0n) is 28.5. The molecule has 0 radical (unpaired) electrons. The minimum atomic E-state index is 1.21. The van der Waals surface area contributed by atoms with E-state index in [0.29, 0.717) is 0 Å². The maximum atomic E-state index is 2.45. The molecule has 0 aromatic carbocycles. The lowest BCUT2D eigenvalue weighted by molar-refractivity contribution is -0.888. The largest absolute Gasteiger partial charge is 0.328 e.